The summed E-state index contributed by atoms with van der Waals surface area (Å²) in [4.78, 5) is 30.2. The van der Waals surface area contributed by atoms with Crippen molar-refractivity contribution in [2.75, 3.05) is 6.61 Å². The molecule has 2 N–H and O–H groups in total. The first kappa shape index (κ1) is 32.6. The summed E-state index contributed by atoms with van der Waals surface area (Å²) >= 11 is 0. The highest BCUT2D eigenvalue weighted by Crippen LogP contribution is 2.43. The molecule has 2 aliphatic carbocycles. The molecule has 3 heterocycles. The number of carbonyl (C=O) groups excluding carboxylic acids is 2. The predicted octanol–water partition coefficient (Wildman–Crippen LogP) is 5.37. The Bertz CT molecular complexity index is 1480. The Morgan fingerprint density at radius 3 is 2.38 bits per heavy atom. The number of hydrogen-bond acceptors (Lipinski definition) is 6. The van der Waals surface area contributed by atoms with Crippen molar-refractivity contribution in [2.24, 2.45) is 11.8 Å². The standard InChI is InChI=1S/C28H32F7N7O3/c29-26(30)45-10-9-41-14-19(13-36-41)25(44)40-24(17-3-6-27(31,32)7-4-17)20-15-42-21(38-20)11-18(12-37-42)23(16-1-2-16)39-22(43)5-8-28(33,34)35/h11-17,23-24,26H,1-10H2,(H,39,43)(H,40,44)/t23-,24+/m1/s1. The van der Waals surface area contributed by atoms with E-state index in [2.05, 4.69) is 30.6 Å². The first-order valence-corrected chi connectivity index (χ1v) is 14.6. The molecule has 17 heteroatoms. The Morgan fingerprint density at radius 1 is 1.00 bits per heavy atom. The number of rotatable bonds is 13. The van der Waals surface area contributed by atoms with Crippen molar-refractivity contribution in [1.29, 1.82) is 0 Å². The summed E-state index contributed by atoms with van der Waals surface area (Å²) in [6, 6.07) is 0.316. The average Bonchev–Trinajstić information content (AvgIpc) is 3.54. The number of amides is 2. The molecule has 0 radical (unpaired) electrons. The number of nitrogens with zero attached hydrogens (tertiary/aromatic N) is 5. The zero-order valence-corrected chi connectivity index (χ0v) is 24.0. The molecule has 2 amide bonds. The normalized spacial score (nSPS) is 18.7. The molecular weight excluding hydrogens is 615 g/mol. The minimum absolute atomic E-state index is 0.0240. The van der Waals surface area contributed by atoms with Crippen molar-refractivity contribution in [2.45, 2.75) is 88.7 Å². The Balaban J connectivity index is 1.35. The first-order chi connectivity index (χ1) is 21.3. The summed E-state index contributed by atoms with van der Waals surface area (Å²) in [6.45, 7) is -3.29. The van der Waals surface area contributed by atoms with Gasteiger partial charge in [-0.05, 0) is 49.1 Å². The highest BCUT2D eigenvalue weighted by Gasteiger charge is 2.40. The van der Waals surface area contributed by atoms with Gasteiger partial charge in [-0.25, -0.2) is 18.3 Å². The fourth-order valence-electron chi connectivity index (χ4n) is 5.53. The van der Waals surface area contributed by atoms with Gasteiger partial charge >= 0.3 is 12.8 Å². The topological polar surface area (TPSA) is 115 Å². The van der Waals surface area contributed by atoms with E-state index in [1.54, 1.807) is 12.3 Å². The van der Waals surface area contributed by atoms with Crippen LogP contribution in [0.4, 0.5) is 30.7 Å². The molecule has 2 fully saturated rings. The molecule has 0 unspecified atom stereocenters. The number of nitrogens with one attached hydrogen (secondary N) is 2. The quantitative estimate of drug-likeness (QED) is 0.241. The summed E-state index contributed by atoms with van der Waals surface area (Å²) < 4.78 is 97.3. The maximum atomic E-state index is 14.0. The van der Waals surface area contributed by atoms with Gasteiger partial charge in [0.05, 0.1) is 61.5 Å². The van der Waals surface area contributed by atoms with Crippen molar-refractivity contribution < 1.29 is 45.1 Å². The molecule has 0 bridgehead atoms. The molecule has 45 heavy (non-hydrogen) atoms. The molecule has 246 valence electrons. The zero-order valence-electron chi connectivity index (χ0n) is 24.0. The van der Waals surface area contributed by atoms with E-state index in [9.17, 15) is 40.3 Å². The van der Waals surface area contributed by atoms with Crippen molar-refractivity contribution in [3.8, 4) is 0 Å². The second-order valence-electron chi connectivity index (χ2n) is 11.5. The second-order valence-corrected chi connectivity index (χ2v) is 11.5. The number of halogens is 7. The summed E-state index contributed by atoms with van der Waals surface area (Å²) in [5.74, 6) is -4.46. The lowest BCUT2D eigenvalue weighted by molar-refractivity contribution is -0.144. The first-order valence-electron chi connectivity index (χ1n) is 14.6. The second kappa shape index (κ2) is 13.3. The van der Waals surface area contributed by atoms with Crippen molar-refractivity contribution >= 4 is 17.5 Å². The Labute approximate surface area is 252 Å². The fourth-order valence-corrected chi connectivity index (χ4v) is 5.53. The van der Waals surface area contributed by atoms with E-state index in [-0.39, 0.29) is 56.2 Å². The van der Waals surface area contributed by atoms with Crippen LogP contribution in [0.5, 0.6) is 0 Å². The van der Waals surface area contributed by atoms with Crippen LogP contribution in [0, 0.1) is 11.8 Å². The third kappa shape index (κ3) is 8.92. The van der Waals surface area contributed by atoms with E-state index in [4.69, 9.17) is 0 Å². The summed E-state index contributed by atoms with van der Waals surface area (Å²) in [5.41, 5.74) is 1.38. The number of hydrogen-bond donors (Lipinski definition) is 2. The van der Waals surface area contributed by atoms with Gasteiger partial charge in [-0.15, -0.1) is 0 Å². The average molecular weight is 648 g/mol. The van der Waals surface area contributed by atoms with Crippen molar-refractivity contribution in [3.63, 3.8) is 0 Å². The smallest absolute Gasteiger partial charge is 0.349 e. The molecule has 3 aromatic rings. The van der Waals surface area contributed by atoms with Crippen LogP contribution in [0.25, 0.3) is 5.65 Å². The molecule has 2 atom stereocenters. The third-order valence-electron chi connectivity index (χ3n) is 8.06. The number of alkyl halides is 7. The van der Waals surface area contributed by atoms with Crippen LogP contribution in [0.1, 0.15) is 85.1 Å². The van der Waals surface area contributed by atoms with Gasteiger partial charge in [0.1, 0.15) is 0 Å². The van der Waals surface area contributed by atoms with Crippen LogP contribution in [0.3, 0.4) is 0 Å². The van der Waals surface area contributed by atoms with Crippen LogP contribution in [0.15, 0.2) is 30.9 Å². The molecule has 5 rings (SSSR count). The SMILES string of the molecule is O=C(CCC(F)(F)F)N[C@@H](c1cnn2cc([C@@H](NC(=O)c3cnn(CCOC(F)F)c3)C3CCC(F)(F)CC3)nc2c1)C1CC1. The minimum Gasteiger partial charge on any atom is -0.349 e. The minimum atomic E-state index is -4.45. The van der Waals surface area contributed by atoms with Gasteiger partial charge in [0.15, 0.2) is 5.65 Å². The summed E-state index contributed by atoms with van der Waals surface area (Å²) in [7, 11) is 0. The molecule has 2 saturated carbocycles. The van der Waals surface area contributed by atoms with Crippen molar-refractivity contribution in [3.05, 3.63) is 47.7 Å². The summed E-state index contributed by atoms with van der Waals surface area (Å²) in [6.07, 6.45) is 0.357. The molecular formula is C28H32F7N7O3. The van der Waals surface area contributed by atoms with E-state index in [1.165, 1.54) is 27.8 Å². The van der Waals surface area contributed by atoms with Crippen LogP contribution < -0.4 is 10.6 Å². The van der Waals surface area contributed by atoms with Gasteiger partial charge in [-0.2, -0.15) is 32.1 Å². The highest BCUT2D eigenvalue weighted by atomic mass is 19.4. The molecule has 10 nitrogen and oxygen atoms in total. The lowest BCUT2D eigenvalue weighted by Gasteiger charge is -2.33. The number of imidazole rings is 1. The van der Waals surface area contributed by atoms with Crippen molar-refractivity contribution in [1.82, 2.24) is 35.0 Å². The van der Waals surface area contributed by atoms with Gasteiger partial charge in [-0.1, -0.05) is 0 Å². The Kier molecular flexibility index (Phi) is 9.65. The number of aromatic nitrogens is 5. The van der Waals surface area contributed by atoms with Gasteiger partial charge in [0.25, 0.3) is 5.91 Å². The van der Waals surface area contributed by atoms with Gasteiger partial charge < -0.3 is 15.4 Å². The number of fused-ring (bicyclic) bond motifs is 1. The predicted molar refractivity (Wildman–Crippen MR) is 143 cm³/mol. The summed E-state index contributed by atoms with van der Waals surface area (Å²) in [5, 5.41) is 13.9. The largest absolute Gasteiger partial charge is 0.389 e. The number of carbonyl (C=O) groups is 2. The maximum Gasteiger partial charge on any atom is 0.389 e. The number of ether oxygens (including phenoxy) is 1. The van der Waals surface area contributed by atoms with Crippen LogP contribution in [-0.2, 0) is 16.1 Å². The molecule has 0 saturated heterocycles. The van der Waals surface area contributed by atoms with Crippen LogP contribution in [0.2, 0.25) is 0 Å². The molecule has 2 aliphatic rings. The van der Waals surface area contributed by atoms with E-state index in [1.807, 2.05) is 0 Å². The monoisotopic (exact) mass is 647 g/mol. The highest BCUT2D eigenvalue weighted by molar-refractivity contribution is 5.94. The molecule has 0 aliphatic heterocycles. The fraction of sp³-hybridized carbons (Fsp3) is 0.607. The molecule has 0 aromatic carbocycles. The lowest BCUT2D eigenvalue weighted by Crippen LogP contribution is -2.37. The Morgan fingerprint density at radius 2 is 1.71 bits per heavy atom. The molecule has 3 aromatic heterocycles. The molecule has 0 spiro atoms. The van der Waals surface area contributed by atoms with E-state index in [0.717, 1.165) is 12.8 Å². The van der Waals surface area contributed by atoms with Gasteiger partial charge in [0, 0.05) is 25.5 Å². The lowest BCUT2D eigenvalue weighted by atomic mass is 9.81. The Hall–Kier alpha value is -3.76. The van der Waals surface area contributed by atoms with E-state index >= 15 is 0 Å². The van der Waals surface area contributed by atoms with Gasteiger partial charge in [-0.3, -0.25) is 14.3 Å². The van der Waals surface area contributed by atoms with Gasteiger partial charge in [0.2, 0.25) is 11.8 Å². The zero-order chi connectivity index (χ0) is 32.4. The van der Waals surface area contributed by atoms with E-state index in [0.29, 0.717) is 16.9 Å². The third-order valence-corrected chi connectivity index (χ3v) is 8.06. The maximum absolute atomic E-state index is 14.0. The van der Waals surface area contributed by atoms with Crippen LogP contribution in [-0.4, -0.2) is 61.5 Å². The van der Waals surface area contributed by atoms with E-state index < -0.39 is 55.5 Å². The van der Waals surface area contributed by atoms with Crippen LogP contribution >= 0.6 is 0 Å².